The van der Waals surface area contributed by atoms with Crippen LogP contribution in [-0.2, 0) is 4.74 Å². The molecule has 92 valence electrons. The van der Waals surface area contributed by atoms with Crippen molar-refractivity contribution in [3.05, 3.63) is 33.3 Å². The molecule has 3 nitrogen and oxygen atoms in total. The van der Waals surface area contributed by atoms with Crippen LogP contribution in [0.15, 0.2) is 22.7 Å². The molecule has 1 aliphatic rings. The Bertz CT molecular complexity index is 444. The van der Waals surface area contributed by atoms with Gasteiger partial charge in [-0.25, -0.2) is 0 Å². The Morgan fingerprint density at radius 1 is 1.59 bits per heavy atom. The smallest absolute Gasteiger partial charge is 0.252 e. The summed E-state index contributed by atoms with van der Waals surface area (Å²) in [7, 11) is 0. The average Bonchev–Trinajstić information content (AvgIpc) is 2.68. The fourth-order valence-electron chi connectivity index (χ4n) is 1.78. The van der Waals surface area contributed by atoms with Gasteiger partial charge in [-0.2, -0.15) is 0 Å². The monoisotopic (exact) mass is 317 g/mol. The highest BCUT2D eigenvalue weighted by Crippen LogP contribution is 2.23. The van der Waals surface area contributed by atoms with E-state index in [9.17, 15) is 4.79 Å². The van der Waals surface area contributed by atoms with Gasteiger partial charge in [-0.3, -0.25) is 4.79 Å². The van der Waals surface area contributed by atoms with E-state index in [1.165, 1.54) is 0 Å². The lowest BCUT2D eigenvalue weighted by atomic mass is 10.0. The van der Waals surface area contributed by atoms with Crippen molar-refractivity contribution in [1.29, 1.82) is 0 Å². The van der Waals surface area contributed by atoms with E-state index in [2.05, 4.69) is 21.2 Å². The zero-order valence-electron chi connectivity index (χ0n) is 9.43. The van der Waals surface area contributed by atoms with Crippen LogP contribution in [0.2, 0.25) is 5.02 Å². The molecule has 1 aromatic rings. The number of nitrogens with one attached hydrogen (secondary N) is 1. The van der Waals surface area contributed by atoms with Crippen molar-refractivity contribution in [3.8, 4) is 0 Å². The molecular weight excluding hydrogens is 305 g/mol. The van der Waals surface area contributed by atoms with Gasteiger partial charge in [0.15, 0.2) is 0 Å². The lowest BCUT2D eigenvalue weighted by molar-refractivity contribution is 0.0889. The van der Waals surface area contributed by atoms with Crippen LogP contribution in [0.5, 0.6) is 0 Å². The molecule has 0 aliphatic carbocycles. The molecular formula is C12H13BrClNO2. The zero-order valence-corrected chi connectivity index (χ0v) is 11.8. The first kappa shape index (κ1) is 12.9. The highest BCUT2D eigenvalue weighted by molar-refractivity contribution is 9.10. The van der Waals surface area contributed by atoms with Gasteiger partial charge in [0.25, 0.3) is 5.91 Å². The highest BCUT2D eigenvalue weighted by atomic mass is 79.9. The molecule has 1 aliphatic heterocycles. The minimum atomic E-state index is -0.279. The third-order valence-corrected chi connectivity index (χ3v) is 3.73. The molecule has 1 amide bonds. The largest absolute Gasteiger partial charge is 0.379 e. The molecule has 1 heterocycles. The summed E-state index contributed by atoms with van der Waals surface area (Å²) in [6.45, 7) is 3.22. The third-order valence-electron chi connectivity index (χ3n) is 2.81. The molecule has 1 saturated heterocycles. The third kappa shape index (κ3) is 3.00. The van der Waals surface area contributed by atoms with Gasteiger partial charge in [0, 0.05) is 16.1 Å². The van der Waals surface area contributed by atoms with E-state index in [1.807, 2.05) is 6.92 Å². The number of rotatable bonds is 2. The normalized spacial score (nSPS) is 23.7. The standard InChI is InChI=1S/C12H13BrClNO2/c1-12(4-5-17-7-12)15-11(16)9-6-8(14)2-3-10(9)13/h2-3,6H,4-5,7H2,1H3,(H,15,16). The summed E-state index contributed by atoms with van der Waals surface area (Å²) in [5.74, 6) is -0.132. The van der Waals surface area contributed by atoms with Gasteiger partial charge in [0.05, 0.1) is 17.7 Å². The summed E-state index contributed by atoms with van der Waals surface area (Å²) in [6, 6.07) is 5.16. The minimum Gasteiger partial charge on any atom is -0.379 e. The van der Waals surface area contributed by atoms with Crippen LogP contribution in [0.1, 0.15) is 23.7 Å². The molecule has 0 aromatic heterocycles. The average molecular weight is 319 g/mol. The second kappa shape index (κ2) is 4.96. The van der Waals surface area contributed by atoms with Gasteiger partial charge < -0.3 is 10.1 Å². The van der Waals surface area contributed by atoms with Crippen LogP contribution in [0, 0.1) is 0 Å². The number of hydrogen-bond acceptors (Lipinski definition) is 2. The number of carbonyl (C=O) groups is 1. The zero-order chi connectivity index (χ0) is 12.5. The van der Waals surface area contributed by atoms with Crippen LogP contribution >= 0.6 is 27.5 Å². The topological polar surface area (TPSA) is 38.3 Å². The van der Waals surface area contributed by atoms with E-state index in [1.54, 1.807) is 18.2 Å². The molecule has 1 fully saturated rings. The summed E-state index contributed by atoms with van der Waals surface area (Å²) in [5.41, 5.74) is 0.268. The summed E-state index contributed by atoms with van der Waals surface area (Å²) < 4.78 is 6.04. The molecule has 1 atom stereocenters. The van der Waals surface area contributed by atoms with Gasteiger partial charge in [0.1, 0.15) is 0 Å². The van der Waals surface area contributed by atoms with Crippen LogP contribution in [0.25, 0.3) is 0 Å². The molecule has 1 unspecified atom stereocenters. The number of amides is 1. The number of benzene rings is 1. The summed E-state index contributed by atoms with van der Waals surface area (Å²) in [5, 5.41) is 3.53. The predicted octanol–water partition coefficient (Wildman–Crippen LogP) is 3.01. The first-order valence-corrected chi connectivity index (χ1v) is 6.53. The minimum absolute atomic E-state index is 0.132. The molecule has 17 heavy (non-hydrogen) atoms. The highest BCUT2D eigenvalue weighted by Gasteiger charge is 2.31. The predicted molar refractivity (Wildman–Crippen MR) is 70.5 cm³/mol. The van der Waals surface area contributed by atoms with Crippen molar-refractivity contribution in [1.82, 2.24) is 5.32 Å². The van der Waals surface area contributed by atoms with E-state index in [4.69, 9.17) is 16.3 Å². The van der Waals surface area contributed by atoms with Crippen LogP contribution in [0.4, 0.5) is 0 Å². The molecule has 0 spiro atoms. The van der Waals surface area contributed by atoms with E-state index in [0.29, 0.717) is 23.8 Å². The van der Waals surface area contributed by atoms with E-state index in [0.717, 1.165) is 10.9 Å². The van der Waals surface area contributed by atoms with Crippen molar-refractivity contribution in [2.75, 3.05) is 13.2 Å². The Balaban J connectivity index is 2.17. The molecule has 0 radical (unpaired) electrons. The van der Waals surface area contributed by atoms with Gasteiger partial charge in [-0.05, 0) is 47.5 Å². The Morgan fingerprint density at radius 2 is 2.35 bits per heavy atom. The maximum absolute atomic E-state index is 12.1. The molecule has 1 N–H and O–H groups in total. The van der Waals surface area contributed by atoms with E-state index >= 15 is 0 Å². The Hall–Kier alpha value is -0.580. The summed E-state index contributed by atoms with van der Waals surface area (Å²) >= 11 is 9.23. The first-order chi connectivity index (χ1) is 8.00. The lowest BCUT2D eigenvalue weighted by Gasteiger charge is -2.23. The van der Waals surface area contributed by atoms with E-state index in [-0.39, 0.29) is 11.4 Å². The lowest BCUT2D eigenvalue weighted by Crippen LogP contribution is -2.46. The first-order valence-electron chi connectivity index (χ1n) is 5.35. The van der Waals surface area contributed by atoms with Crippen molar-refractivity contribution in [2.45, 2.75) is 18.9 Å². The van der Waals surface area contributed by atoms with Crippen LogP contribution in [-0.4, -0.2) is 24.7 Å². The maximum Gasteiger partial charge on any atom is 0.252 e. The van der Waals surface area contributed by atoms with Crippen molar-refractivity contribution in [3.63, 3.8) is 0 Å². The quantitative estimate of drug-likeness (QED) is 0.910. The number of halogens is 2. The Morgan fingerprint density at radius 3 is 3.00 bits per heavy atom. The summed E-state index contributed by atoms with van der Waals surface area (Å²) in [6.07, 6.45) is 0.830. The van der Waals surface area contributed by atoms with Crippen molar-refractivity contribution < 1.29 is 9.53 Å². The molecule has 1 aromatic carbocycles. The fraction of sp³-hybridized carbons (Fsp3) is 0.417. The van der Waals surface area contributed by atoms with Crippen LogP contribution < -0.4 is 5.32 Å². The maximum atomic E-state index is 12.1. The second-order valence-corrected chi connectivity index (χ2v) is 5.73. The van der Waals surface area contributed by atoms with Gasteiger partial charge in [0.2, 0.25) is 0 Å². The Labute approximate surface area is 114 Å². The Kier molecular flexibility index (Phi) is 3.76. The molecule has 5 heteroatoms. The van der Waals surface area contributed by atoms with Crippen LogP contribution in [0.3, 0.4) is 0 Å². The summed E-state index contributed by atoms with van der Waals surface area (Å²) in [4.78, 5) is 12.1. The number of hydrogen-bond donors (Lipinski definition) is 1. The van der Waals surface area contributed by atoms with Crippen molar-refractivity contribution >= 4 is 33.4 Å². The number of ether oxygens (including phenoxy) is 1. The van der Waals surface area contributed by atoms with Gasteiger partial charge >= 0.3 is 0 Å². The van der Waals surface area contributed by atoms with Gasteiger partial charge in [-0.15, -0.1) is 0 Å². The van der Waals surface area contributed by atoms with Gasteiger partial charge in [-0.1, -0.05) is 11.6 Å². The number of carbonyl (C=O) groups excluding carboxylic acids is 1. The molecule has 2 rings (SSSR count). The van der Waals surface area contributed by atoms with E-state index < -0.39 is 0 Å². The molecule has 0 bridgehead atoms. The SMILES string of the molecule is CC1(NC(=O)c2cc(Cl)ccc2Br)CCOC1. The second-order valence-electron chi connectivity index (χ2n) is 4.44. The van der Waals surface area contributed by atoms with Crippen molar-refractivity contribution in [2.24, 2.45) is 0 Å². The molecule has 0 saturated carbocycles. The fourth-order valence-corrected chi connectivity index (χ4v) is 2.38.